The van der Waals surface area contributed by atoms with E-state index < -0.39 is 0 Å². The Balaban J connectivity index is 2.21. The average Bonchev–Trinajstić information content (AvgIpc) is 2.78. The summed E-state index contributed by atoms with van der Waals surface area (Å²) in [5, 5.41) is 3.26. The van der Waals surface area contributed by atoms with Gasteiger partial charge in [0.05, 0.1) is 0 Å². The van der Waals surface area contributed by atoms with E-state index in [9.17, 15) is 4.79 Å². The van der Waals surface area contributed by atoms with Gasteiger partial charge in [-0.15, -0.1) is 0 Å². The van der Waals surface area contributed by atoms with Crippen LogP contribution in [-0.4, -0.2) is 22.4 Å². The number of hydrogen-bond donors (Lipinski definition) is 1. The van der Waals surface area contributed by atoms with Gasteiger partial charge in [-0.1, -0.05) is 24.3 Å². The predicted octanol–water partition coefficient (Wildman–Crippen LogP) is 2.49. The Kier molecular flexibility index (Phi) is 2.63. The minimum Gasteiger partial charge on any atom is -0.369 e. The summed E-state index contributed by atoms with van der Waals surface area (Å²) in [6.07, 6.45) is 1.88. The van der Waals surface area contributed by atoms with E-state index in [1.807, 2.05) is 18.2 Å². The van der Waals surface area contributed by atoms with Crippen molar-refractivity contribution in [2.24, 2.45) is 0 Å². The van der Waals surface area contributed by atoms with Crippen LogP contribution in [0.1, 0.15) is 22.5 Å². The van der Waals surface area contributed by atoms with Gasteiger partial charge >= 0.3 is 0 Å². The number of fused-ring (bicyclic) bond motifs is 1. The monoisotopic (exact) mass is 241 g/mol. The molecule has 0 atom stereocenters. The highest BCUT2D eigenvalue weighted by Gasteiger charge is 2.20. The Labute approximate surface area is 106 Å². The van der Waals surface area contributed by atoms with Gasteiger partial charge in [0.15, 0.2) is 6.29 Å². The maximum Gasteiger partial charge on any atom is 0.172 e. The molecule has 0 amide bonds. The molecule has 0 saturated heterocycles. The van der Waals surface area contributed by atoms with Gasteiger partial charge in [0.2, 0.25) is 0 Å². The zero-order chi connectivity index (χ0) is 12.5. The summed E-state index contributed by atoms with van der Waals surface area (Å²) in [4.78, 5) is 15.6. The number of hydrogen-bond acceptors (Lipinski definition) is 3. The Hall–Kier alpha value is -2.10. The van der Waals surface area contributed by atoms with Gasteiger partial charge in [0.25, 0.3) is 0 Å². The molecule has 0 aliphatic carbocycles. The molecule has 1 aliphatic rings. The third kappa shape index (κ3) is 1.61. The Morgan fingerprint density at radius 1 is 1.39 bits per heavy atom. The van der Waals surface area contributed by atoms with Crippen LogP contribution in [0.2, 0.25) is 0 Å². The number of aldehydes is 1. The van der Waals surface area contributed by atoms with Crippen LogP contribution in [0.25, 0.3) is 11.4 Å². The number of aromatic nitrogens is 2. The van der Waals surface area contributed by atoms with Crippen molar-refractivity contribution in [3.8, 4) is 11.4 Å². The summed E-state index contributed by atoms with van der Waals surface area (Å²) >= 11 is 0. The molecule has 1 aromatic carbocycles. The third-order valence-electron chi connectivity index (χ3n) is 3.34. The lowest BCUT2D eigenvalue weighted by atomic mass is 10.1. The normalized spacial score (nSPS) is 13.8. The molecule has 1 aromatic heterocycles. The van der Waals surface area contributed by atoms with E-state index in [1.54, 1.807) is 0 Å². The fourth-order valence-corrected chi connectivity index (χ4v) is 2.43. The predicted molar refractivity (Wildman–Crippen MR) is 70.9 cm³/mol. The molecule has 0 saturated carbocycles. The molecule has 0 fully saturated rings. The fraction of sp³-hybridized carbons (Fsp3) is 0.286. The number of nitrogens with one attached hydrogen (secondary N) is 1. The van der Waals surface area contributed by atoms with Crippen LogP contribution in [0.3, 0.4) is 0 Å². The standard InChI is InChI=1S/C14H15N3O/c1-10-5-2-3-6-11(10)13-16-12(9-18)14-15-7-4-8-17(13)14/h2-3,5-6,9,15H,4,7-8H2,1H3. The molecular formula is C14H15N3O. The number of nitrogens with zero attached hydrogens (tertiary/aromatic N) is 2. The van der Waals surface area contributed by atoms with Crippen LogP contribution in [0.4, 0.5) is 5.82 Å². The first kappa shape index (κ1) is 11.0. The zero-order valence-corrected chi connectivity index (χ0v) is 10.3. The van der Waals surface area contributed by atoms with Crippen LogP contribution in [0, 0.1) is 6.92 Å². The summed E-state index contributed by atoms with van der Waals surface area (Å²) in [5.74, 6) is 1.74. The highest BCUT2D eigenvalue weighted by molar-refractivity contribution is 5.83. The van der Waals surface area contributed by atoms with E-state index in [4.69, 9.17) is 0 Å². The minimum absolute atomic E-state index is 0.507. The Morgan fingerprint density at radius 2 is 2.22 bits per heavy atom. The van der Waals surface area contributed by atoms with Crippen molar-refractivity contribution in [3.63, 3.8) is 0 Å². The summed E-state index contributed by atoms with van der Waals surface area (Å²) < 4.78 is 2.11. The smallest absolute Gasteiger partial charge is 0.172 e. The molecule has 4 nitrogen and oxygen atoms in total. The van der Waals surface area contributed by atoms with Crippen molar-refractivity contribution in [3.05, 3.63) is 35.5 Å². The van der Waals surface area contributed by atoms with Gasteiger partial charge in [0, 0.05) is 18.7 Å². The Bertz CT molecular complexity index is 601. The van der Waals surface area contributed by atoms with E-state index in [-0.39, 0.29) is 0 Å². The number of carbonyl (C=O) groups excluding carboxylic acids is 1. The highest BCUT2D eigenvalue weighted by Crippen LogP contribution is 2.29. The molecule has 4 heteroatoms. The van der Waals surface area contributed by atoms with Crippen molar-refractivity contribution in [1.82, 2.24) is 9.55 Å². The van der Waals surface area contributed by atoms with Gasteiger partial charge in [0.1, 0.15) is 17.3 Å². The van der Waals surface area contributed by atoms with E-state index in [2.05, 4.69) is 27.9 Å². The van der Waals surface area contributed by atoms with Gasteiger partial charge in [-0.3, -0.25) is 4.79 Å². The lowest BCUT2D eigenvalue weighted by Gasteiger charge is -2.19. The lowest BCUT2D eigenvalue weighted by molar-refractivity contribution is 0.112. The van der Waals surface area contributed by atoms with Crippen molar-refractivity contribution in [1.29, 1.82) is 0 Å². The van der Waals surface area contributed by atoms with Crippen LogP contribution in [-0.2, 0) is 6.54 Å². The van der Waals surface area contributed by atoms with E-state index in [1.165, 1.54) is 5.56 Å². The van der Waals surface area contributed by atoms with Crippen LogP contribution in [0.15, 0.2) is 24.3 Å². The minimum atomic E-state index is 0.507. The highest BCUT2D eigenvalue weighted by atomic mass is 16.1. The third-order valence-corrected chi connectivity index (χ3v) is 3.34. The first-order chi connectivity index (χ1) is 8.81. The van der Waals surface area contributed by atoms with Gasteiger partial charge in [-0.25, -0.2) is 4.98 Å². The van der Waals surface area contributed by atoms with Crippen LogP contribution in [0.5, 0.6) is 0 Å². The summed E-state index contributed by atoms with van der Waals surface area (Å²) in [7, 11) is 0. The van der Waals surface area contributed by atoms with E-state index in [0.717, 1.165) is 43.0 Å². The molecule has 1 aliphatic heterocycles. The van der Waals surface area contributed by atoms with Gasteiger partial charge in [-0.05, 0) is 18.9 Å². The van der Waals surface area contributed by atoms with Crippen LogP contribution >= 0.6 is 0 Å². The Morgan fingerprint density at radius 3 is 3.00 bits per heavy atom. The lowest BCUT2D eigenvalue weighted by Crippen LogP contribution is -2.18. The van der Waals surface area contributed by atoms with Crippen molar-refractivity contribution >= 4 is 12.1 Å². The SMILES string of the molecule is Cc1ccccc1-c1nc(C=O)c2n1CCCN2. The molecule has 1 N–H and O–H groups in total. The van der Waals surface area contributed by atoms with Gasteiger partial charge < -0.3 is 9.88 Å². The first-order valence-electron chi connectivity index (χ1n) is 6.17. The largest absolute Gasteiger partial charge is 0.369 e. The topological polar surface area (TPSA) is 46.9 Å². The average molecular weight is 241 g/mol. The second kappa shape index (κ2) is 4.29. The molecule has 18 heavy (non-hydrogen) atoms. The van der Waals surface area contributed by atoms with Crippen molar-refractivity contribution in [2.75, 3.05) is 11.9 Å². The molecule has 0 bridgehead atoms. The molecule has 2 aromatic rings. The van der Waals surface area contributed by atoms with Crippen molar-refractivity contribution in [2.45, 2.75) is 19.9 Å². The second-order valence-corrected chi connectivity index (χ2v) is 4.53. The fourth-order valence-electron chi connectivity index (χ4n) is 2.43. The molecule has 92 valence electrons. The molecule has 0 unspecified atom stereocenters. The van der Waals surface area contributed by atoms with Crippen molar-refractivity contribution < 1.29 is 4.79 Å². The van der Waals surface area contributed by atoms with E-state index in [0.29, 0.717) is 5.69 Å². The molecule has 0 radical (unpaired) electrons. The van der Waals surface area contributed by atoms with E-state index >= 15 is 0 Å². The zero-order valence-electron chi connectivity index (χ0n) is 10.3. The van der Waals surface area contributed by atoms with Gasteiger partial charge in [-0.2, -0.15) is 0 Å². The maximum absolute atomic E-state index is 11.1. The number of imidazole rings is 1. The number of rotatable bonds is 2. The summed E-state index contributed by atoms with van der Waals surface area (Å²) in [6, 6.07) is 8.13. The number of aryl methyl sites for hydroxylation is 1. The number of benzene rings is 1. The molecule has 0 spiro atoms. The molecular weight excluding hydrogens is 226 g/mol. The number of anilines is 1. The molecule has 2 heterocycles. The second-order valence-electron chi connectivity index (χ2n) is 4.53. The molecule has 3 rings (SSSR count). The maximum atomic E-state index is 11.1. The summed E-state index contributed by atoms with van der Waals surface area (Å²) in [6.45, 7) is 3.88. The number of carbonyl (C=O) groups is 1. The van der Waals surface area contributed by atoms with Crippen LogP contribution < -0.4 is 5.32 Å². The summed E-state index contributed by atoms with van der Waals surface area (Å²) in [5.41, 5.74) is 2.77. The first-order valence-corrected chi connectivity index (χ1v) is 6.17. The quantitative estimate of drug-likeness (QED) is 0.822.